The molecule has 1 heterocycles. The largest absolute Gasteiger partial charge is 0.495 e. The summed E-state index contributed by atoms with van der Waals surface area (Å²) < 4.78 is 22.1. The number of hydrogen-bond donors (Lipinski definition) is 0. The van der Waals surface area contributed by atoms with E-state index in [1.54, 1.807) is 13.2 Å². The predicted octanol–water partition coefficient (Wildman–Crippen LogP) is 3.85. The van der Waals surface area contributed by atoms with Crippen molar-refractivity contribution in [2.24, 2.45) is 0 Å². The van der Waals surface area contributed by atoms with Crippen molar-refractivity contribution in [2.75, 3.05) is 20.8 Å². The molecule has 5 heteroatoms. The summed E-state index contributed by atoms with van der Waals surface area (Å²) in [5.41, 5.74) is 1.42. The van der Waals surface area contributed by atoms with Gasteiger partial charge in [0, 0.05) is 17.2 Å². The van der Waals surface area contributed by atoms with Gasteiger partial charge in [0.2, 0.25) is 0 Å². The summed E-state index contributed by atoms with van der Waals surface area (Å²) in [7, 11) is 2.90. The van der Waals surface area contributed by atoms with Crippen molar-refractivity contribution in [1.29, 1.82) is 0 Å². The summed E-state index contributed by atoms with van der Waals surface area (Å²) in [4.78, 5) is 12.2. The molecule has 1 aliphatic rings. The highest BCUT2D eigenvalue weighted by molar-refractivity contribution is 6.04. The van der Waals surface area contributed by atoms with E-state index in [9.17, 15) is 4.79 Å². The summed E-state index contributed by atoms with van der Waals surface area (Å²) in [5.74, 6) is 0.653. The first-order valence-corrected chi connectivity index (χ1v) is 8.12. The van der Waals surface area contributed by atoms with Gasteiger partial charge in [-0.25, -0.2) is 4.79 Å². The van der Waals surface area contributed by atoms with Crippen LogP contribution in [0.5, 0.6) is 11.5 Å². The standard InChI is InChI=1S/C19H22O5/c1-12-7-8-13-14(10-12)18(21-2)15(19(20)22-3)11-16(13)24-17-6-4-5-9-23-17/h7-8,10-11,17H,4-6,9H2,1-3H3. The molecule has 1 unspecified atom stereocenters. The highest BCUT2D eigenvalue weighted by Gasteiger charge is 2.22. The fraction of sp³-hybridized carbons (Fsp3) is 0.421. The lowest BCUT2D eigenvalue weighted by atomic mass is 10.0. The number of esters is 1. The van der Waals surface area contributed by atoms with Crippen LogP contribution in [-0.4, -0.2) is 33.1 Å². The Balaban J connectivity index is 2.14. The molecule has 0 N–H and O–H groups in total. The maximum absolute atomic E-state index is 12.2. The second-order valence-electron chi connectivity index (χ2n) is 5.91. The average molecular weight is 330 g/mol. The molecular weight excluding hydrogens is 308 g/mol. The number of fused-ring (bicyclic) bond motifs is 1. The van der Waals surface area contributed by atoms with Gasteiger partial charge in [-0.2, -0.15) is 0 Å². The van der Waals surface area contributed by atoms with Gasteiger partial charge in [0.15, 0.2) is 6.29 Å². The number of methoxy groups -OCH3 is 2. The topological polar surface area (TPSA) is 54.0 Å². The van der Waals surface area contributed by atoms with Crippen LogP contribution in [-0.2, 0) is 9.47 Å². The normalized spacial score (nSPS) is 17.5. The molecule has 0 bridgehead atoms. The highest BCUT2D eigenvalue weighted by atomic mass is 16.7. The van der Waals surface area contributed by atoms with Gasteiger partial charge in [-0.3, -0.25) is 0 Å². The van der Waals surface area contributed by atoms with Crippen LogP contribution in [0.1, 0.15) is 35.2 Å². The van der Waals surface area contributed by atoms with Gasteiger partial charge >= 0.3 is 5.97 Å². The van der Waals surface area contributed by atoms with Crippen molar-refractivity contribution in [1.82, 2.24) is 0 Å². The third kappa shape index (κ3) is 3.17. The minimum absolute atomic E-state index is 0.290. The summed E-state index contributed by atoms with van der Waals surface area (Å²) in [6, 6.07) is 7.65. The fourth-order valence-corrected chi connectivity index (χ4v) is 3.01. The Bertz CT molecular complexity index is 747. The monoisotopic (exact) mass is 330 g/mol. The molecule has 0 radical (unpaired) electrons. The Morgan fingerprint density at radius 2 is 2.00 bits per heavy atom. The predicted molar refractivity (Wildman–Crippen MR) is 90.8 cm³/mol. The minimum atomic E-state index is -0.454. The Kier molecular flexibility index (Phi) is 4.90. The van der Waals surface area contributed by atoms with Crippen LogP contribution in [0.2, 0.25) is 0 Å². The van der Waals surface area contributed by atoms with E-state index in [4.69, 9.17) is 18.9 Å². The molecule has 0 spiro atoms. The van der Waals surface area contributed by atoms with Crippen LogP contribution >= 0.6 is 0 Å². The molecule has 1 fully saturated rings. The first kappa shape index (κ1) is 16.6. The number of hydrogen-bond acceptors (Lipinski definition) is 5. The maximum atomic E-state index is 12.2. The second kappa shape index (κ2) is 7.09. The van der Waals surface area contributed by atoms with Crippen molar-refractivity contribution in [3.05, 3.63) is 35.4 Å². The maximum Gasteiger partial charge on any atom is 0.341 e. The van der Waals surface area contributed by atoms with Crippen molar-refractivity contribution >= 4 is 16.7 Å². The molecule has 24 heavy (non-hydrogen) atoms. The Morgan fingerprint density at radius 3 is 2.67 bits per heavy atom. The van der Waals surface area contributed by atoms with Crippen molar-refractivity contribution in [3.63, 3.8) is 0 Å². The highest BCUT2D eigenvalue weighted by Crippen LogP contribution is 2.38. The smallest absolute Gasteiger partial charge is 0.341 e. The molecular formula is C19H22O5. The third-order valence-corrected chi connectivity index (χ3v) is 4.21. The Labute approximate surface area is 141 Å². The van der Waals surface area contributed by atoms with E-state index < -0.39 is 5.97 Å². The molecule has 0 saturated carbocycles. The van der Waals surface area contributed by atoms with Gasteiger partial charge in [0.25, 0.3) is 0 Å². The molecule has 1 aliphatic heterocycles. The van der Waals surface area contributed by atoms with Crippen LogP contribution in [0.4, 0.5) is 0 Å². The van der Waals surface area contributed by atoms with Gasteiger partial charge in [0.1, 0.15) is 17.1 Å². The summed E-state index contributed by atoms with van der Waals surface area (Å²) in [6.07, 6.45) is 2.67. The average Bonchev–Trinajstić information content (AvgIpc) is 2.61. The van der Waals surface area contributed by atoms with Gasteiger partial charge in [-0.1, -0.05) is 17.7 Å². The first-order chi connectivity index (χ1) is 11.6. The minimum Gasteiger partial charge on any atom is -0.495 e. The van der Waals surface area contributed by atoms with E-state index in [0.29, 0.717) is 23.7 Å². The van der Waals surface area contributed by atoms with E-state index in [-0.39, 0.29) is 6.29 Å². The zero-order chi connectivity index (χ0) is 17.1. The molecule has 0 amide bonds. The van der Waals surface area contributed by atoms with Gasteiger partial charge in [-0.15, -0.1) is 0 Å². The molecule has 0 aromatic heterocycles. The Morgan fingerprint density at radius 1 is 1.17 bits per heavy atom. The van der Waals surface area contributed by atoms with E-state index in [2.05, 4.69) is 0 Å². The molecule has 2 aromatic carbocycles. The van der Waals surface area contributed by atoms with Crippen molar-refractivity contribution < 1.29 is 23.7 Å². The molecule has 3 rings (SSSR count). The van der Waals surface area contributed by atoms with Crippen molar-refractivity contribution in [2.45, 2.75) is 32.5 Å². The van der Waals surface area contributed by atoms with E-state index >= 15 is 0 Å². The lowest BCUT2D eigenvalue weighted by Gasteiger charge is -2.25. The second-order valence-corrected chi connectivity index (χ2v) is 5.91. The van der Waals surface area contributed by atoms with Crippen LogP contribution < -0.4 is 9.47 Å². The fourth-order valence-electron chi connectivity index (χ4n) is 3.01. The molecule has 1 saturated heterocycles. The number of aryl methyl sites for hydroxylation is 1. The molecule has 128 valence electrons. The number of ether oxygens (including phenoxy) is 4. The molecule has 1 atom stereocenters. The van der Waals surface area contributed by atoms with Crippen LogP contribution in [0.25, 0.3) is 10.8 Å². The van der Waals surface area contributed by atoms with Gasteiger partial charge in [-0.05, 0) is 31.9 Å². The summed E-state index contributed by atoms with van der Waals surface area (Å²) >= 11 is 0. The molecule has 0 aliphatic carbocycles. The van der Waals surface area contributed by atoms with E-state index in [0.717, 1.165) is 35.6 Å². The lowest BCUT2D eigenvalue weighted by molar-refractivity contribution is -0.105. The quantitative estimate of drug-likeness (QED) is 0.797. The van der Waals surface area contributed by atoms with Crippen molar-refractivity contribution in [3.8, 4) is 11.5 Å². The SMILES string of the molecule is COC(=O)c1cc(OC2CCCCO2)c2ccc(C)cc2c1OC. The number of carbonyl (C=O) groups is 1. The summed E-state index contributed by atoms with van der Waals surface area (Å²) in [6.45, 7) is 2.69. The van der Waals surface area contributed by atoms with Gasteiger partial charge < -0.3 is 18.9 Å². The zero-order valence-corrected chi connectivity index (χ0v) is 14.3. The molecule has 5 nitrogen and oxygen atoms in total. The number of benzene rings is 2. The lowest BCUT2D eigenvalue weighted by Crippen LogP contribution is -2.25. The number of rotatable bonds is 4. The van der Waals surface area contributed by atoms with Gasteiger partial charge in [0.05, 0.1) is 20.8 Å². The first-order valence-electron chi connectivity index (χ1n) is 8.12. The van der Waals surface area contributed by atoms with Crippen LogP contribution in [0, 0.1) is 6.92 Å². The van der Waals surface area contributed by atoms with Crippen LogP contribution in [0.3, 0.4) is 0 Å². The van der Waals surface area contributed by atoms with E-state index in [1.807, 2.05) is 25.1 Å². The summed E-state index contributed by atoms with van der Waals surface area (Å²) in [5, 5.41) is 1.71. The number of carbonyl (C=O) groups excluding carboxylic acids is 1. The third-order valence-electron chi connectivity index (χ3n) is 4.21. The zero-order valence-electron chi connectivity index (χ0n) is 14.3. The van der Waals surface area contributed by atoms with Crippen LogP contribution in [0.15, 0.2) is 24.3 Å². The van der Waals surface area contributed by atoms with E-state index in [1.165, 1.54) is 7.11 Å². The Hall–Kier alpha value is -2.27. The molecule has 2 aromatic rings.